The normalized spacial score (nSPS) is 30.4. The van der Waals surface area contributed by atoms with Crippen molar-refractivity contribution in [2.45, 2.75) is 49.4 Å². The van der Waals surface area contributed by atoms with Gasteiger partial charge in [-0.1, -0.05) is 0 Å². The van der Waals surface area contributed by atoms with Crippen LogP contribution in [0.1, 0.15) is 18.9 Å². The molecule has 190 valence electrons. The number of nitrogens with two attached hydrogens (primary N) is 1. The van der Waals surface area contributed by atoms with Crippen LogP contribution in [0.2, 0.25) is 0 Å². The molecule has 7 atom stereocenters. The van der Waals surface area contributed by atoms with Crippen LogP contribution in [0.15, 0.2) is 34.5 Å². The lowest BCUT2D eigenvalue weighted by atomic mass is 10.1. The molecule has 2 fully saturated rings. The number of rotatable bonds is 4. The van der Waals surface area contributed by atoms with E-state index in [0.717, 1.165) is 0 Å². The molecular formula is C19H25N7O9. The van der Waals surface area contributed by atoms with Crippen LogP contribution in [0.4, 0.5) is 5.82 Å². The van der Waals surface area contributed by atoms with Gasteiger partial charge in [0.15, 0.2) is 17.7 Å². The number of aliphatic hydroxyl groups excluding tert-OH is 5. The molecule has 16 nitrogen and oxygen atoms in total. The number of aromatic nitrogens is 6. The first kappa shape index (κ1) is 24.9. The van der Waals surface area contributed by atoms with Gasteiger partial charge in [-0.3, -0.25) is 18.9 Å². The van der Waals surface area contributed by atoms with Crippen molar-refractivity contribution in [3.63, 3.8) is 0 Å². The first-order valence-electron chi connectivity index (χ1n) is 10.6. The summed E-state index contributed by atoms with van der Waals surface area (Å²) in [7, 11) is 0. The van der Waals surface area contributed by atoms with Gasteiger partial charge in [-0.2, -0.15) is 0 Å². The Morgan fingerprint density at radius 2 is 1.77 bits per heavy atom. The molecule has 0 saturated carbocycles. The van der Waals surface area contributed by atoms with Gasteiger partial charge in [0, 0.05) is 18.7 Å². The molecule has 5 heterocycles. The molecule has 8 N–H and O–H groups in total. The van der Waals surface area contributed by atoms with Crippen LogP contribution in [0.3, 0.4) is 0 Å². The summed E-state index contributed by atoms with van der Waals surface area (Å²) in [6.45, 7) is -0.700. The molecule has 0 bridgehead atoms. The van der Waals surface area contributed by atoms with E-state index in [-0.39, 0.29) is 18.8 Å². The summed E-state index contributed by atoms with van der Waals surface area (Å²) in [6.07, 6.45) is -2.07. The minimum atomic E-state index is -1.19. The Labute approximate surface area is 195 Å². The fourth-order valence-corrected chi connectivity index (χ4v) is 3.87. The summed E-state index contributed by atoms with van der Waals surface area (Å²) >= 11 is 0. The zero-order chi connectivity index (χ0) is 25.3. The maximum Gasteiger partial charge on any atom is 0.330 e. The van der Waals surface area contributed by atoms with Crippen LogP contribution >= 0.6 is 0 Å². The summed E-state index contributed by atoms with van der Waals surface area (Å²) < 4.78 is 13.3. The first-order valence-corrected chi connectivity index (χ1v) is 10.6. The third-order valence-electron chi connectivity index (χ3n) is 5.72. The fourth-order valence-electron chi connectivity index (χ4n) is 3.87. The molecule has 0 spiro atoms. The number of fused-ring (bicyclic) bond motifs is 1. The summed E-state index contributed by atoms with van der Waals surface area (Å²) in [5, 5.41) is 47.1. The van der Waals surface area contributed by atoms with Gasteiger partial charge < -0.3 is 40.7 Å². The monoisotopic (exact) mass is 495 g/mol. The molecule has 16 heteroatoms. The van der Waals surface area contributed by atoms with Crippen molar-refractivity contribution < 1.29 is 35.0 Å². The zero-order valence-corrected chi connectivity index (χ0v) is 18.2. The first-order chi connectivity index (χ1) is 16.7. The number of nitrogens with zero attached hydrogens (tertiary/aromatic N) is 5. The Balaban J connectivity index is 0.000000168. The van der Waals surface area contributed by atoms with Gasteiger partial charge in [-0.15, -0.1) is 0 Å². The number of H-pyrrole nitrogens is 1. The zero-order valence-electron chi connectivity index (χ0n) is 18.2. The van der Waals surface area contributed by atoms with Crippen molar-refractivity contribution in [1.82, 2.24) is 29.1 Å². The smallest absolute Gasteiger partial charge is 0.330 e. The van der Waals surface area contributed by atoms with E-state index < -0.39 is 60.8 Å². The number of hydrogen-bond donors (Lipinski definition) is 7. The van der Waals surface area contributed by atoms with E-state index in [4.69, 9.17) is 25.4 Å². The molecule has 2 saturated heterocycles. The quantitative estimate of drug-likeness (QED) is 0.184. The summed E-state index contributed by atoms with van der Waals surface area (Å²) in [4.78, 5) is 36.2. The Hall–Kier alpha value is -3.25. The Morgan fingerprint density at radius 3 is 2.40 bits per heavy atom. The number of ether oxygens (including phenoxy) is 2. The average molecular weight is 495 g/mol. The van der Waals surface area contributed by atoms with Crippen LogP contribution in [0.25, 0.3) is 11.2 Å². The number of imidazole rings is 1. The molecule has 0 unspecified atom stereocenters. The molecule has 3 aromatic heterocycles. The van der Waals surface area contributed by atoms with Gasteiger partial charge in [0.1, 0.15) is 42.5 Å². The minimum absolute atomic E-state index is 0.206. The van der Waals surface area contributed by atoms with E-state index in [9.17, 15) is 24.9 Å². The number of aromatic amines is 1. The number of hydrogen-bond acceptors (Lipinski definition) is 13. The van der Waals surface area contributed by atoms with E-state index in [0.29, 0.717) is 11.2 Å². The molecule has 3 aromatic rings. The number of nitrogens with one attached hydrogen (secondary N) is 1. The lowest BCUT2D eigenvalue weighted by Crippen LogP contribution is -2.33. The van der Waals surface area contributed by atoms with Gasteiger partial charge >= 0.3 is 5.69 Å². The fraction of sp³-hybridized carbons (Fsp3) is 0.526. The second-order valence-corrected chi connectivity index (χ2v) is 7.94. The van der Waals surface area contributed by atoms with E-state index in [1.165, 1.54) is 34.1 Å². The third kappa shape index (κ3) is 4.80. The Bertz CT molecular complexity index is 1280. The summed E-state index contributed by atoms with van der Waals surface area (Å²) in [5.74, 6) is 0.218. The van der Waals surface area contributed by atoms with E-state index in [1.807, 2.05) is 0 Å². The van der Waals surface area contributed by atoms with Crippen molar-refractivity contribution in [2.24, 2.45) is 0 Å². The molecule has 0 radical (unpaired) electrons. The molecule has 5 rings (SSSR count). The maximum atomic E-state index is 11.4. The number of anilines is 1. The van der Waals surface area contributed by atoms with E-state index in [1.54, 1.807) is 0 Å². The second-order valence-electron chi connectivity index (χ2n) is 7.94. The van der Waals surface area contributed by atoms with Gasteiger partial charge in [0.05, 0.1) is 25.6 Å². The van der Waals surface area contributed by atoms with Crippen LogP contribution in [0, 0.1) is 0 Å². The van der Waals surface area contributed by atoms with Gasteiger partial charge in [0.2, 0.25) is 0 Å². The van der Waals surface area contributed by atoms with Crippen molar-refractivity contribution in [2.75, 3.05) is 18.9 Å². The Kier molecular flexibility index (Phi) is 7.22. The lowest BCUT2D eigenvalue weighted by Gasteiger charge is -2.16. The van der Waals surface area contributed by atoms with Crippen LogP contribution in [-0.2, 0) is 9.47 Å². The van der Waals surface area contributed by atoms with Crippen molar-refractivity contribution in [3.05, 3.63) is 45.8 Å². The highest BCUT2D eigenvalue weighted by atomic mass is 16.6. The molecule has 2 aliphatic rings. The number of aliphatic hydroxyl groups is 5. The summed E-state index contributed by atoms with van der Waals surface area (Å²) in [6, 6.07) is 1.20. The lowest BCUT2D eigenvalue weighted by molar-refractivity contribution is -0.0511. The highest BCUT2D eigenvalue weighted by Crippen LogP contribution is 2.31. The molecular weight excluding hydrogens is 470 g/mol. The standard InChI is InChI=1S/C10H13N5O4.C9H12N2O5/c11-8-5-9(13-2-12-8)15(3-14-5)10-7(18)6(17)4(1-16)19-10;12-4-6-5(13)3-8(16-6)11-2-1-7(14)10-9(11)15/h2-4,6-7,10,16-18H,1H2,(H2,11,12,13);1-2,5-6,8,12-13H,3-4H2,(H,10,14,15)/t4-,6-,7-,10-;5-,6+,8+/m10/s1. The molecule has 0 aromatic carbocycles. The SMILES string of the molecule is Nc1ncnc2c1ncn2[C@@H]1O[C@H](CO)[C@@H](O)[C@H]1O.O=c1ccn([C@H]2C[C@H](O)[C@@H](CO)O2)c(=O)[nH]1. The van der Waals surface area contributed by atoms with Crippen molar-refractivity contribution in [1.29, 1.82) is 0 Å². The molecule has 2 aliphatic heterocycles. The van der Waals surface area contributed by atoms with Crippen molar-refractivity contribution >= 4 is 17.0 Å². The van der Waals surface area contributed by atoms with Gasteiger partial charge in [0.25, 0.3) is 5.56 Å². The van der Waals surface area contributed by atoms with Gasteiger partial charge in [-0.05, 0) is 0 Å². The predicted molar refractivity (Wildman–Crippen MR) is 116 cm³/mol. The third-order valence-corrected chi connectivity index (χ3v) is 5.72. The second kappa shape index (κ2) is 10.2. The molecule has 0 amide bonds. The largest absolute Gasteiger partial charge is 0.394 e. The maximum absolute atomic E-state index is 11.4. The Morgan fingerprint density at radius 1 is 1.03 bits per heavy atom. The van der Waals surface area contributed by atoms with Gasteiger partial charge in [-0.25, -0.2) is 19.7 Å². The van der Waals surface area contributed by atoms with E-state index in [2.05, 4.69) is 19.9 Å². The van der Waals surface area contributed by atoms with Crippen LogP contribution in [-0.4, -0.2) is 98.3 Å². The summed E-state index contributed by atoms with van der Waals surface area (Å²) in [5.41, 5.74) is 5.36. The highest BCUT2D eigenvalue weighted by molar-refractivity contribution is 5.81. The molecule has 0 aliphatic carbocycles. The number of nitrogen functional groups attached to an aromatic ring is 1. The average Bonchev–Trinajstić information content (AvgIpc) is 3.51. The van der Waals surface area contributed by atoms with E-state index >= 15 is 0 Å². The van der Waals surface area contributed by atoms with Crippen LogP contribution in [0.5, 0.6) is 0 Å². The molecule has 35 heavy (non-hydrogen) atoms. The minimum Gasteiger partial charge on any atom is -0.394 e. The van der Waals surface area contributed by atoms with Crippen molar-refractivity contribution in [3.8, 4) is 0 Å². The highest BCUT2D eigenvalue weighted by Gasteiger charge is 2.44. The predicted octanol–water partition coefficient (Wildman–Crippen LogP) is -3.80. The van der Waals surface area contributed by atoms with Crippen LogP contribution < -0.4 is 17.0 Å². The topological polar surface area (TPSA) is 244 Å².